The summed E-state index contributed by atoms with van der Waals surface area (Å²) in [6, 6.07) is 17.9. The van der Waals surface area contributed by atoms with Crippen LogP contribution in [0.2, 0.25) is 0 Å². The molecule has 0 saturated carbocycles. The third-order valence-corrected chi connectivity index (χ3v) is 4.76. The van der Waals surface area contributed by atoms with E-state index in [0.717, 1.165) is 43.5 Å². The molecule has 2 aromatic rings. The fraction of sp³-hybridized carbons (Fsp3) is 0.333. The first-order valence-electron chi connectivity index (χ1n) is 10.4. The maximum absolute atomic E-state index is 11.2. The average Bonchev–Trinajstić information content (AvgIpc) is 2.76. The molecule has 1 amide bonds. The van der Waals surface area contributed by atoms with Gasteiger partial charge in [-0.1, -0.05) is 42.5 Å². The van der Waals surface area contributed by atoms with Gasteiger partial charge in [0.15, 0.2) is 5.96 Å². The monoisotopic (exact) mass is 406 g/mol. The van der Waals surface area contributed by atoms with Crippen LogP contribution in [0.15, 0.2) is 65.7 Å². The first kappa shape index (κ1) is 21.4. The molecule has 1 aliphatic rings. The van der Waals surface area contributed by atoms with Gasteiger partial charge in [-0.05, 0) is 36.6 Å². The molecule has 0 atom stereocenters. The summed E-state index contributed by atoms with van der Waals surface area (Å²) in [5, 5.41) is 6.14. The molecule has 0 spiro atoms. The number of ether oxygens (including phenoxy) is 1. The maximum Gasteiger partial charge on any atom is 0.221 e. The molecule has 2 aromatic carbocycles. The van der Waals surface area contributed by atoms with Crippen molar-refractivity contribution in [2.45, 2.75) is 20.3 Å². The predicted octanol–water partition coefficient (Wildman–Crippen LogP) is 3.78. The highest BCUT2D eigenvalue weighted by atomic mass is 16.5. The molecule has 1 heterocycles. The lowest BCUT2D eigenvalue weighted by atomic mass is 10.00. The molecule has 0 unspecified atom stereocenters. The Labute approximate surface area is 178 Å². The molecule has 0 radical (unpaired) electrons. The number of anilines is 1. The van der Waals surface area contributed by atoms with Gasteiger partial charge in [0.05, 0.1) is 6.54 Å². The lowest BCUT2D eigenvalue weighted by Crippen LogP contribution is -2.43. The first-order valence-corrected chi connectivity index (χ1v) is 10.4. The second-order valence-corrected chi connectivity index (χ2v) is 7.08. The third kappa shape index (κ3) is 6.37. The van der Waals surface area contributed by atoms with Crippen LogP contribution in [-0.2, 0) is 4.79 Å². The number of benzene rings is 2. The summed E-state index contributed by atoms with van der Waals surface area (Å²) in [6.45, 7) is 7.19. The number of hydrogen-bond acceptors (Lipinski definition) is 3. The van der Waals surface area contributed by atoms with Crippen molar-refractivity contribution in [1.82, 2.24) is 10.2 Å². The van der Waals surface area contributed by atoms with Crippen molar-refractivity contribution in [3.05, 3.63) is 66.2 Å². The van der Waals surface area contributed by atoms with E-state index in [1.807, 2.05) is 30.3 Å². The number of guanidine groups is 1. The Morgan fingerprint density at radius 2 is 2.00 bits per heavy atom. The van der Waals surface area contributed by atoms with Gasteiger partial charge in [-0.2, -0.15) is 0 Å². The minimum atomic E-state index is -0.0990. The lowest BCUT2D eigenvalue weighted by molar-refractivity contribution is -0.114. The second kappa shape index (κ2) is 11.0. The highest BCUT2D eigenvalue weighted by Crippen LogP contribution is 2.22. The smallest absolute Gasteiger partial charge is 0.221 e. The average molecular weight is 407 g/mol. The summed E-state index contributed by atoms with van der Waals surface area (Å²) in [4.78, 5) is 18.2. The van der Waals surface area contributed by atoms with Crippen LogP contribution < -0.4 is 15.4 Å². The topological polar surface area (TPSA) is 66.0 Å². The molecule has 0 bridgehead atoms. The fourth-order valence-electron chi connectivity index (χ4n) is 3.38. The summed E-state index contributed by atoms with van der Waals surface area (Å²) in [6.07, 6.45) is 3.29. The van der Waals surface area contributed by atoms with E-state index in [-0.39, 0.29) is 5.91 Å². The number of nitrogens with one attached hydrogen (secondary N) is 2. The molecular weight excluding hydrogens is 376 g/mol. The SMILES string of the molecule is CCNC(=NCCOc1cccc(NC(C)=O)c1)N1CC=C(c2ccccc2)CC1. The van der Waals surface area contributed by atoms with Gasteiger partial charge >= 0.3 is 0 Å². The van der Waals surface area contributed by atoms with Gasteiger partial charge in [-0.15, -0.1) is 0 Å². The summed E-state index contributed by atoms with van der Waals surface area (Å²) >= 11 is 0. The molecule has 0 aliphatic carbocycles. The predicted molar refractivity (Wildman–Crippen MR) is 123 cm³/mol. The molecule has 30 heavy (non-hydrogen) atoms. The number of amides is 1. The summed E-state index contributed by atoms with van der Waals surface area (Å²) in [5.41, 5.74) is 3.42. The molecule has 1 aliphatic heterocycles. The molecule has 158 valence electrons. The van der Waals surface area contributed by atoms with Gasteiger partial charge < -0.3 is 20.3 Å². The van der Waals surface area contributed by atoms with Crippen molar-refractivity contribution in [3.63, 3.8) is 0 Å². The Morgan fingerprint density at radius 1 is 1.17 bits per heavy atom. The molecular formula is C24H30N4O2. The van der Waals surface area contributed by atoms with E-state index >= 15 is 0 Å². The number of carbonyl (C=O) groups is 1. The number of rotatable bonds is 7. The van der Waals surface area contributed by atoms with Crippen molar-refractivity contribution in [1.29, 1.82) is 0 Å². The third-order valence-electron chi connectivity index (χ3n) is 4.76. The van der Waals surface area contributed by atoms with Crippen LogP contribution in [0.3, 0.4) is 0 Å². The highest BCUT2D eigenvalue weighted by Gasteiger charge is 2.16. The van der Waals surface area contributed by atoms with Gasteiger partial charge in [-0.3, -0.25) is 4.79 Å². The van der Waals surface area contributed by atoms with Gasteiger partial charge in [0.1, 0.15) is 12.4 Å². The lowest BCUT2D eigenvalue weighted by Gasteiger charge is -2.29. The molecule has 0 fully saturated rings. The highest BCUT2D eigenvalue weighted by molar-refractivity contribution is 5.88. The molecule has 0 saturated heterocycles. The van der Waals surface area contributed by atoms with Crippen LogP contribution in [0.4, 0.5) is 5.69 Å². The summed E-state index contributed by atoms with van der Waals surface area (Å²) < 4.78 is 5.80. The van der Waals surface area contributed by atoms with E-state index < -0.39 is 0 Å². The van der Waals surface area contributed by atoms with Gasteiger partial charge in [0.25, 0.3) is 0 Å². The molecule has 0 aromatic heterocycles. The van der Waals surface area contributed by atoms with E-state index in [2.05, 4.69) is 52.8 Å². The zero-order chi connectivity index (χ0) is 21.2. The zero-order valence-corrected chi connectivity index (χ0v) is 17.7. The number of aliphatic imine (C=N–C) groups is 1. The van der Waals surface area contributed by atoms with Gasteiger partial charge in [0.2, 0.25) is 5.91 Å². The Bertz CT molecular complexity index is 893. The van der Waals surface area contributed by atoms with E-state index in [4.69, 9.17) is 9.73 Å². The van der Waals surface area contributed by atoms with Gasteiger partial charge in [0, 0.05) is 38.3 Å². The van der Waals surface area contributed by atoms with Crippen molar-refractivity contribution < 1.29 is 9.53 Å². The minimum Gasteiger partial charge on any atom is -0.492 e. The summed E-state index contributed by atoms with van der Waals surface area (Å²) in [7, 11) is 0. The van der Waals surface area contributed by atoms with E-state index in [0.29, 0.717) is 13.2 Å². The normalized spacial score (nSPS) is 14.1. The van der Waals surface area contributed by atoms with Crippen LogP contribution in [-0.4, -0.2) is 49.6 Å². The number of hydrogen-bond donors (Lipinski definition) is 2. The minimum absolute atomic E-state index is 0.0990. The van der Waals surface area contributed by atoms with E-state index in [1.54, 1.807) is 0 Å². The van der Waals surface area contributed by atoms with Crippen LogP contribution >= 0.6 is 0 Å². The van der Waals surface area contributed by atoms with Gasteiger partial charge in [-0.25, -0.2) is 4.99 Å². The van der Waals surface area contributed by atoms with Crippen LogP contribution in [0.1, 0.15) is 25.8 Å². The maximum atomic E-state index is 11.2. The van der Waals surface area contributed by atoms with Crippen molar-refractivity contribution in [2.75, 3.05) is 38.1 Å². The Kier molecular flexibility index (Phi) is 7.89. The molecule has 6 heteroatoms. The number of nitrogens with zero attached hydrogens (tertiary/aromatic N) is 2. The van der Waals surface area contributed by atoms with E-state index in [9.17, 15) is 4.79 Å². The molecule has 6 nitrogen and oxygen atoms in total. The first-order chi connectivity index (χ1) is 14.7. The van der Waals surface area contributed by atoms with Crippen LogP contribution in [0.5, 0.6) is 5.75 Å². The van der Waals surface area contributed by atoms with Crippen LogP contribution in [0.25, 0.3) is 5.57 Å². The molecule has 2 N–H and O–H groups in total. The number of carbonyl (C=O) groups excluding carboxylic acids is 1. The quantitative estimate of drug-likeness (QED) is 0.417. The summed E-state index contributed by atoms with van der Waals surface area (Å²) in [5.74, 6) is 1.53. The molecule has 3 rings (SSSR count). The largest absolute Gasteiger partial charge is 0.492 e. The fourth-order valence-corrected chi connectivity index (χ4v) is 3.38. The second-order valence-electron chi connectivity index (χ2n) is 7.08. The van der Waals surface area contributed by atoms with Crippen LogP contribution in [0, 0.1) is 0 Å². The Balaban J connectivity index is 1.54. The Hall–Kier alpha value is -3.28. The van der Waals surface area contributed by atoms with Crippen molar-refractivity contribution in [3.8, 4) is 5.75 Å². The Morgan fingerprint density at radius 3 is 2.70 bits per heavy atom. The zero-order valence-electron chi connectivity index (χ0n) is 17.7. The van der Waals surface area contributed by atoms with E-state index in [1.165, 1.54) is 18.1 Å². The van der Waals surface area contributed by atoms with Crippen molar-refractivity contribution >= 4 is 23.1 Å². The van der Waals surface area contributed by atoms with Crippen molar-refractivity contribution in [2.24, 2.45) is 4.99 Å². The standard InChI is InChI=1S/C24H30N4O2/c1-3-25-24(28-15-12-21(13-16-28)20-8-5-4-6-9-20)26-14-17-30-23-11-7-10-22(18-23)27-19(2)29/h4-12,18H,3,13-17H2,1-2H3,(H,25,26)(H,27,29).